The molecule has 2 heteroatoms. The molecule has 0 aliphatic carbocycles. The molecule has 1 rings (SSSR count). The second-order valence-electron chi connectivity index (χ2n) is 2.79. The van der Waals surface area contributed by atoms with Gasteiger partial charge in [0.25, 0.3) is 0 Å². The van der Waals surface area contributed by atoms with Gasteiger partial charge in [0.1, 0.15) is 0 Å². The van der Waals surface area contributed by atoms with Crippen molar-refractivity contribution in [2.75, 3.05) is 19.8 Å². The van der Waals surface area contributed by atoms with Crippen LogP contribution in [0.2, 0.25) is 0 Å². The third-order valence-electron chi connectivity index (χ3n) is 1.37. The van der Waals surface area contributed by atoms with E-state index in [9.17, 15) is 0 Å². The smallest absolute Gasteiger partial charge is 0.0541 e. The summed E-state index contributed by atoms with van der Waals surface area (Å²) >= 11 is 0. The summed E-state index contributed by atoms with van der Waals surface area (Å²) in [5, 5.41) is 0. The van der Waals surface area contributed by atoms with Gasteiger partial charge in [-0.3, -0.25) is 0 Å². The van der Waals surface area contributed by atoms with Gasteiger partial charge in [-0.2, -0.15) is 0 Å². The van der Waals surface area contributed by atoms with E-state index < -0.39 is 0 Å². The van der Waals surface area contributed by atoms with E-state index in [1.54, 1.807) is 0 Å². The van der Waals surface area contributed by atoms with Crippen molar-refractivity contribution in [3.63, 3.8) is 0 Å². The maximum absolute atomic E-state index is 5.37. The van der Waals surface area contributed by atoms with E-state index in [-0.39, 0.29) is 0 Å². The monoisotopic (exact) mass is 130 g/mol. The van der Waals surface area contributed by atoms with Gasteiger partial charge in [0.05, 0.1) is 25.9 Å². The lowest BCUT2D eigenvalue weighted by Crippen LogP contribution is -2.32. The molecule has 1 fully saturated rings. The fraction of sp³-hybridized carbons (Fsp3) is 1.00. The summed E-state index contributed by atoms with van der Waals surface area (Å²) in [5.41, 5.74) is 0. The van der Waals surface area contributed by atoms with E-state index >= 15 is 0 Å². The second kappa shape index (κ2) is 3.18. The summed E-state index contributed by atoms with van der Waals surface area (Å²) in [6.07, 6.45) is 0.366. The summed E-state index contributed by atoms with van der Waals surface area (Å²) in [4.78, 5) is 0. The molecule has 0 aromatic carbocycles. The predicted octanol–water partition coefficient (Wildman–Crippen LogP) is 1.06. The Labute approximate surface area is 56.2 Å². The lowest BCUT2D eigenvalue weighted by Gasteiger charge is -2.26. The molecule has 0 amide bonds. The molecule has 0 saturated carbocycles. The minimum atomic E-state index is 0.366. The van der Waals surface area contributed by atoms with Crippen molar-refractivity contribution in [3.8, 4) is 0 Å². The quantitative estimate of drug-likeness (QED) is 0.568. The Morgan fingerprint density at radius 3 is 2.56 bits per heavy atom. The molecule has 1 aliphatic heterocycles. The molecule has 0 unspecified atom stereocenters. The Kier molecular flexibility index (Phi) is 2.49. The zero-order valence-corrected chi connectivity index (χ0v) is 6.09. The molecule has 0 bridgehead atoms. The van der Waals surface area contributed by atoms with E-state index in [0.717, 1.165) is 19.8 Å². The number of ether oxygens (including phenoxy) is 2. The molecule has 9 heavy (non-hydrogen) atoms. The number of rotatable bonds is 3. The molecule has 2 nitrogen and oxygen atoms in total. The van der Waals surface area contributed by atoms with Gasteiger partial charge in [-0.15, -0.1) is 0 Å². The Bertz CT molecular complexity index is 77.0. The first-order chi connectivity index (χ1) is 4.29. The molecule has 0 aromatic rings. The minimum Gasteiger partial charge on any atom is -0.381 e. The zero-order chi connectivity index (χ0) is 6.69. The fourth-order valence-corrected chi connectivity index (χ4v) is 0.709. The minimum absolute atomic E-state index is 0.366. The Balaban J connectivity index is 1.91. The van der Waals surface area contributed by atoms with E-state index in [4.69, 9.17) is 9.47 Å². The van der Waals surface area contributed by atoms with Crippen molar-refractivity contribution >= 4 is 0 Å². The molecular weight excluding hydrogens is 116 g/mol. The lowest BCUT2D eigenvalue weighted by atomic mass is 10.1. The summed E-state index contributed by atoms with van der Waals surface area (Å²) in [6, 6.07) is 0. The number of hydrogen-bond acceptors (Lipinski definition) is 2. The van der Waals surface area contributed by atoms with Crippen LogP contribution in [-0.4, -0.2) is 25.9 Å². The van der Waals surface area contributed by atoms with Crippen LogP contribution in [0.4, 0.5) is 0 Å². The molecule has 54 valence electrons. The molecule has 0 atom stereocenters. The third kappa shape index (κ3) is 2.33. The van der Waals surface area contributed by atoms with Gasteiger partial charge in [-0.25, -0.2) is 0 Å². The molecule has 0 N–H and O–H groups in total. The summed E-state index contributed by atoms with van der Waals surface area (Å²) < 4.78 is 10.4. The fourth-order valence-electron chi connectivity index (χ4n) is 0.709. The average Bonchev–Trinajstić information content (AvgIpc) is 1.60. The lowest BCUT2D eigenvalue weighted by molar-refractivity contribution is -0.0817. The SMILES string of the molecule is CC(C)OCC1COC1. The normalized spacial score (nSPS) is 20.3. The standard InChI is InChI=1S/C7H14O2/c1-6(2)9-5-7-3-8-4-7/h6-7H,3-5H2,1-2H3. The van der Waals surface area contributed by atoms with E-state index in [1.165, 1.54) is 0 Å². The van der Waals surface area contributed by atoms with E-state index in [2.05, 4.69) is 13.8 Å². The van der Waals surface area contributed by atoms with Gasteiger partial charge in [-0.1, -0.05) is 0 Å². The van der Waals surface area contributed by atoms with Crippen LogP contribution < -0.4 is 0 Å². The van der Waals surface area contributed by atoms with Crippen molar-refractivity contribution < 1.29 is 9.47 Å². The van der Waals surface area contributed by atoms with Crippen LogP contribution >= 0.6 is 0 Å². The van der Waals surface area contributed by atoms with Gasteiger partial charge in [0, 0.05) is 5.92 Å². The van der Waals surface area contributed by atoms with Crippen LogP contribution in [0, 0.1) is 5.92 Å². The van der Waals surface area contributed by atoms with Crippen LogP contribution in [0.15, 0.2) is 0 Å². The predicted molar refractivity (Wildman–Crippen MR) is 35.4 cm³/mol. The Hall–Kier alpha value is -0.0800. The second-order valence-corrected chi connectivity index (χ2v) is 2.79. The van der Waals surface area contributed by atoms with Gasteiger partial charge < -0.3 is 9.47 Å². The highest BCUT2D eigenvalue weighted by Gasteiger charge is 2.18. The molecule has 0 radical (unpaired) electrons. The first-order valence-electron chi connectivity index (χ1n) is 3.48. The largest absolute Gasteiger partial charge is 0.381 e. The van der Waals surface area contributed by atoms with Crippen LogP contribution in [0.1, 0.15) is 13.8 Å². The Morgan fingerprint density at radius 1 is 1.56 bits per heavy atom. The average molecular weight is 130 g/mol. The summed E-state index contributed by atoms with van der Waals surface area (Å²) in [6.45, 7) is 6.77. The van der Waals surface area contributed by atoms with Crippen molar-refractivity contribution in [3.05, 3.63) is 0 Å². The highest BCUT2D eigenvalue weighted by atomic mass is 16.5. The number of hydrogen-bond donors (Lipinski definition) is 0. The van der Waals surface area contributed by atoms with E-state index in [1.807, 2.05) is 0 Å². The van der Waals surface area contributed by atoms with Gasteiger partial charge in [-0.05, 0) is 13.8 Å². The topological polar surface area (TPSA) is 18.5 Å². The molecule has 1 aliphatic rings. The molecule has 0 aromatic heterocycles. The first-order valence-corrected chi connectivity index (χ1v) is 3.48. The Morgan fingerprint density at radius 2 is 2.22 bits per heavy atom. The van der Waals surface area contributed by atoms with Crippen molar-refractivity contribution in [1.29, 1.82) is 0 Å². The first kappa shape index (κ1) is 7.03. The van der Waals surface area contributed by atoms with Crippen molar-refractivity contribution in [1.82, 2.24) is 0 Å². The van der Waals surface area contributed by atoms with Gasteiger partial charge in [0.15, 0.2) is 0 Å². The molecule has 1 saturated heterocycles. The third-order valence-corrected chi connectivity index (χ3v) is 1.37. The van der Waals surface area contributed by atoms with Crippen LogP contribution in [-0.2, 0) is 9.47 Å². The summed E-state index contributed by atoms with van der Waals surface area (Å²) in [5.74, 6) is 0.674. The maximum atomic E-state index is 5.37. The zero-order valence-electron chi connectivity index (χ0n) is 6.09. The van der Waals surface area contributed by atoms with Crippen molar-refractivity contribution in [2.24, 2.45) is 5.92 Å². The van der Waals surface area contributed by atoms with Crippen LogP contribution in [0.25, 0.3) is 0 Å². The molecule has 0 spiro atoms. The van der Waals surface area contributed by atoms with E-state index in [0.29, 0.717) is 12.0 Å². The molecular formula is C7H14O2. The maximum Gasteiger partial charge on any atom is 0.0541 e. The van der Waals surface area contributed by atoms with Crippen LogP contribution in [0.3, 0.4) is 0 Å². The summed E-state index contributed by atoms with van der Waals surface area (Å²) in [7, 11) is 0. The van der Waals surface area contributed by atoms with Crippen LogP contribution in [0.5, 0.6) is 0 Å². The molecule has 1 heterocycles. The highest BCUT2D eigenvalue weighted by molar-refractivity contribution is 4.63. The van der Waals surface area contributed by atoms with Gasteiger partial charge >= 0.3 is 0 Å². The highest BCUT2D eigenvalue weighted by Crippen LogP contribution is 2.10. The van der Waals surface area contributed by atoms with Gasteiger partial charge in [0.2, 0.25) is 0 Å². The van der Waals surface area contributed by atoms with Crippen molar-refractivity contribution in [2.45, 2.75) is 20.0 Å².